The lowest BCUT2D eigenvalue weighted by Gasteiger charge is -2.07. The first-order valence-corrected chi connectivity index (χ1v) is 5.43. The van der Waals surface area contributed by atoms with E-state index in [-0.39, 0.29) is 5.91 Å². The topological polar surface area (TPSA) is 29.1 Å². The minimum Gasteiger partial charge on any atom is -0.325 e. The summed E-state index contributed by atoms with van der Waals surface area (Å²) in [7, 11) is 0. The molecule has 0 bridgehead atoms. The van der Waals surface area contributed by atoms with E-state index in [0.29, 0.717) is 6.42 Å². The lowest BCUT2D eigenvalue weighted by molar-refractivity contribution is -0.115. The third-order valence-corrected chi connectivity index (χ3v) is 2.50. The lowest BCUT2D eigenvalue weighted by atomic mass is 10.3. The van der Waals surface area contributed by atoms with Crippen LogP contribution in [0, 0.1) is 0 Å². The smallest absolute Gasteiger partial charge is 0.224 e. The van der Waals surface area contributed by atoms with Crippen molar-refractivity contribution in [3.05, 3.63) is 24.3 Å². The molecule has 0 fully saturated rings. The third-order valence-electron chi connectivity index (χ3n) is 1.70. The monoisotopic (exact) mass is 195 g/mol. The van der Waals surface area contributed by atoms with Crippen molar-refractivity contribution in [2.75, 3.05) is 11.6 Å². The van der Waals surface area contributed by atoms with Crippen LogP contribution in [0.5, 0.6) is 0 Å². The van der Waals surface area contributed by atoms with Gasteiger partial charge in [-0.25, -0.2) is 0 Å². The molecule has 1 aromatic rings. The SMILES string of the molecule is CCC(=O)Nc1ccccc1SC. The fraction of sp³-hybridized carbons (Fsp3) is 0.300. The van der Waals surface area contributed by atoms with Gasteiger partial charge in [0.1, 0.15) is 0 Å². The highest BCUT2D eigenvalue weighted by Gasteiger charge is 2.02. The van der Waals surface area contributed by atoms with Crippen molar-refractivity contribution in [3.63, 3.8) is 0 Å². The summed E-state index contributed by atoms with van der Waals surface area (Å²) in [4.78, 5) is 12.2. The largest absolute Gasteiger partial charge is 0.325 e. The summed E-state index contributed by atoms with van der Waals surface area (Å²) in [5, 5.41) is 2.85. The Morgan fingerprint density at radius 1 is 1.46 bits per heavy atom. The molecule has 1 amide bonds. The predicted octanol–water partition coefficient (Wildman–Crippen LogP) is 2.76. The maximum Gasteiger partial charge on any atom is 0.224 e. The zero-order chi connectivity index (χ0) is 9.68. The van der Waals surface area contributed by atoms with Crippen LogP contribution < -0.4 is 5.32 Å². The molecule has 0 aliphatic carbocycles. The second-order valence-electron chi connectivity index (χ2n) is 2.60. The fourth-order valence-electron chi connectivity index (χ4n) is 0.987. The zero-order valence-electron chi connectivity index (χ0n) is 7.83. The third kappa shape index (κ3) is 2.77. The molecule has 1 aromatic carbocycles. The molecule has 0 saturated heterocycles. The summed E-state index contributed by atoms with van der Waals surface area (Å²) < 4.78 is 0. The second kappa shape index (κ2) is 4.92. The molecule has 0 heterocycles. The summed E-state index contributed by atoms with van der Waals surface area (Å²) in [6, 6.07) is 7.80. The van der Waals surface area contributed by atoms with E-state index in [4.69, 9.17) is 0 Å². The first kappa shape index (κ1) is 10.1. The van der Waals surface area contributed by atoms with Crippen LogP contribution in [0.3, 0.4) is 0 Å². The Morgan fingerprint density at radius 3 is 2.77 bits per heavy atom. The highest BCUT2D eigenvalue weighted by Crippen LogP contribution is 2.24. The Morgan fingerprint density at radius 2 is 2.15 bits per heavy atom. The van der Waals surface area contributed by atoms with Crippen LogP contribution >= 0.6 is 11.8 Å². The molecule has 70 valence electrons. The molecule has 0 atom stereocenters. The van der Waals surface area contributed by atoms with E-state index in [1.165, 1.54) is 0 Å². The minimum atomic E-state index is 0.0569. The molecule has 1 N–H and O–H groups in total. The van der Waals surface area contributed by atoms with Crippen molar-refractivity contribution in [2.45, 2.75) is 18.2 Å². The summed E-state index contributed by atoms with van der Waals surface area (Å²) in [5.41, 5.74) is 0.904. The van der Waals surface area contributed by atoms with Gasteiger partial charge >= 0.3 is 0 Å². The molecule has 0 radical (unpaired) electrons. The molecule has 0 aliphatic rings. The molecular weight excluding hydrogens is 182 g/mol. The molecule has 0 spiro atoms. The lowest BCUT2D eigenvalue weighted by Crippen LogP contribution is -2.09. The highest BCUT2D eigenvalue weighted by atomic mass is 32.2. The summed E-state index contributed by atoms with van der Waals surface area (Å²) in [6.07, 6.45) is 2.51. The number of benzene rings is 1. The Balaban J connectivity index is 2.81. The van der Waals surface area contributed by atoms with Gasteiger partial charge in [0.2, 0.25) is 5.91 Å². The van der Waals surface area contributed by atoms with Gasteiger partial charge in [-0.1, -0.05) is 19.1 Å². The number of carbonyl (C=O) groups excluding carboxylic acids is 1. The number of hydrogen-bond donors (Lipinski definition) is 1. The number of hydrogen-bond acceptors (Lipinski definition) is 2. The van der Waals surface area contributed by atoms with Gasteiger partial charge in [0.05, 0.1) is 5.69 Å². The first-order valence-electron chi connectivity index (χ1n) is 4.20. The molecule has 0 aliphatic heterocycles. The van der Waals surface area contributed by atoms with Gasteiger partial charge in [-0.3, -0.25) is 4.79 Å². The maximum absolute atomic E-state index is 11.1. The normalized spacial score (nSPS) is 9.69. The van der Waals surface area contributed by atoms with Gasteiger partial charge in [0, 0.05) is 11.3 Å². The van der Waals surface area contributed by atoms with Crippen molar-refractivity contribution in [1.82, 2.24) is 0 Å². The Hall–Kier alpha value is -0.960. The Kier molecular flexibility index (Phi) is 3.83. The second-order valence-corrected chi connectivity index (χ2v) is 3.45. The average Bonchev–Trinajstić information content (AvgIpc) is 2.18. The van der Waals surface area contributed by atoms with Crippen molar-refractivity contribution in [1.29, 1.82) is 0 Å². The van der Waals surface area contributed by atoms with E-state index in [0.717, 1.165) is 10.6 Å². The highest BCUT2D eigenvalue weighted by molar-refractivity contribution is 7.98. The zero-order valence-corrected chi connectivity index (χ0v) is 8.65. The van der Waals surface area contributed by atoms with Gasteiger partial charge in [0.15, 0.2) is 0 Å². The maximum atomic E-state index is 11.1. The van der Waals surface area contributed by atoms with E-state index in [1.54, 1.807) is 11.8 Å². The first-order chi connectivity index (χ1) is 6.27. The number of anilines is 1. The fourth-order valence-corrected chi connectivity index (χ4v) is 1.54. The van der Waals surface area contributed by atoms with Crippen LogP contribution in [0.2, 0.25) is 0 Å². The number of carbonyl (C=O) groups is 1. The molecule has 13 heavy (non-hydrogen) atoms. The average molecular weight is 195 g/mol. The molecule has 3 heteroatoms. The molecular formula is C10H13NOS. The number of amides is 1. The van der Waals surface area contributed by atoms with E-state index in [1.807, 2.05) is 37.4 Å². The van der Waals surface area contributed by atoms with Crippen LogP contribution in [-0.4, -0.2) is 12.2 Å². The van der Waals surface area contributed by atoms with Crippen molar-refractivity contribution in [3.8, 4) is 0 Å². The Labute approximate surface area is 82.7 Å². The quantitative estimate of drug-likeness (QED) is 0.751. The van der Waals surface area contributed by atoms with Gasteiger partial charge in [-0.15, -0.1) is 11.8 Å². The van der Waals surface area contributed by atoms with E-state index in [9.17, 15) is 4.79 Å². The van der Waals surface area contributed by atoms with Crippen LogP contribution in [-0.2, 0) is 4.79 Å². The van der Waals surface area contributed by atoms with E-state index < -0.39 is 0 Å². The number of thioether (sulfide) groups is 1. The number of nitrogens with one attached hydrogen (secondary N) is 1. The molecule has 0 unspecified atom stereocenters. The predicted molar refractivity (Wildman–Crippen MR) is 57.1 cm³/mol. The van der Waals surface area contributed by atoms with Crippen LogP contribution in [0.25, 0.3) is 0 Å². The van der Waals surface area contributed by atoms with Crippen LogP contribution in [0.15, 0.2) is 29.2 Å². The molecule has 2 nitrogen and oxygen atoms in total. The summed E-state index contributed by atoms with van der Waals surface area (Å²) in [6.45, 7) is 1.84. The van der Waals surface area contributed by atoms with Gasteiger partial charge < -0.3 is 5.32 Å². The molecule has 0 aromatic heterocycles. The standard InChI is InChI=1S/C10H13NOS/c1-3-10(12)11-8-6-4-5-7-9(8)13-2/h4-7H,3H2,1-2H3,(H,11,12). The molecule has 1 rings (SSSR count). The van der Waals surface area contributed by atoms with Crippen molar-refractivity contribution >= 4 is 23.4 Å². The van der Waals surface area contributed by atoms with Crippen LogP contribution in [0.4, 0.5) is 5.69 Å². The van der Waals surface area contributed by atoms with Gasteiger partial charge in [-0.05, 0) is 18.4 Å². The van der Waals surface area contributed by atoms with Gasteiger partial charge in [-0.2, -0.15) is 0 Å². The Bertz CT molecular complexity index is 299. The van der Waals surface area contributed by atoms with Crippen molar-refractivity contribution < 1.29 is 4.79 Å². The summed E-state index contributed by atoms with van der Waals surface area (Å²) >= 11 is 1.63. The molecule has 0 saturated carbocycles. The minimum absolute atomic E-state index is 0.0569. The summed E-state index contributed by atoms with van der Waals surface area (Å²) in [5.74, 6) is 0.0569. The van der Waals surface area contributed by atoms with Gasteiger partial charge in [0.25, 0.3) is 0 Å². The van der Waals surface area contributed by atoms with Crippen LogP contribution in [0.1, 0.15) is 13.3 Å². The number of para-hydroxylation sites is 1. The van der Waals surface area contributed by atoms with E-state index >= 15 is 0 Å². The number of rotatable bonds is 3. The van der Waals surface area contributed by atoms with Crippen molar-refractivity contribution in [2.24, 2.45) is 0 Å². The van der Waals surface area contributed by atoms with E-state index in [2.05, 4.69) is 5.32 Å².